The molecule has 0 bridgehead atoms. The molecule has 0 aliphatic rings. The Morgan fingerprint density at radius 2 is 2.00 bits per heavy atom. The van der Waals surface area contributed by atoms with Crippen molar-refractivity contribution in [3.05, 3.63) is 41.5 Å². The van der Waals surface area contributed by atoms with E-state index in [-0.39, 0.29) is 48.5 Å². The third-order valence-electron chi connectivity index (χ3n) is 4.31. The molecule has 8 nitrogen and oxygen atoms in total. The Bertz CT molecular complexity index is 848. The van der Waals surface area contributed by atoms with E-state index in [2.05, 4.69) is 25.8 Å². The second kappa shape index (κ2) is 13.5. The number of halogens is 4. The second-order valence-corrected chi connectivity index (χ2v) is 6.62. The molecule has 32 heavy (non-hydrogen) atoms. The molecule has 2 unspecified atom stereocenters. The number of nitrogens with zero attached hydrogens (tertiary/aromatic N) is 3. The van der Waals surface area contributed by atoms with E-state index in [1.807, 2.05) is 20.8 Å². The predicted octanol–water partition coefficient (Wildman–Crippen LogP) is 4.33. The number of hydrogen-bond acceptors (Lipinski definition) is 6. The van der Waals surface area contributed by atoms with Gasteiger partial charge in [0.15, 0.2) is 11.8 Å². The van der Waals surface area contributed by atoms with Gasteiger partial charge in [-0.1, -0.05) is 18.1 Å². The number of rotatable bonds is 10. The monoisotopic (exact) mass is 571 g/mol. The first kappa shape index (κ1) is 27.9. The average Bonchev–Trinajstić information content (AvgIpc) is 3.22. The minimum absolute atomic E-state index is 0. The topological polar surface area (TPSA) is 93.8 Å². The summed E-state index contributed by atoms with van der Waals surface area (Å²) >= 11 is 0. The molecular weight excluding hydrogens is 542 g/mol. The van der Waals surface area contributed by atoms with Gasteiger partial charge in [-0.15, -0.1) is 24.0 Å². The molecule has 0 saturated carbocycles. The number of nitrogens with one attached hydrogen (secondary N) is 2. The van der Waals surface area contributed by atoms with Crippen molar-refractivity contribution in [2.24, 2.45) is 4.99 Å². The van der Waals surface area contributed by atoms with Gasteiger partial charge in [0.2, 0.25) is 5.89 Å². The Morgan fingerprint density at radius 1 is 1.25 bits per heavy atom. The number of benzene rings is 1. The van der Waals surface area contributed by atoms with Gasteiger partial charge in [-0.3, -0.25) is 4.99 Å². The molecule has 1 heterocycles. The number of ether oxygens (including phenoxy) is 2. The highest BCUT2D eigenvalue weighted by molar-refractivity contribution is 14.0. The summed E-state index contributed by atoms with van der Waals surface area (Å²) in [5.74, 6) is 1.45. The molecule has 0 spiro atoms. The second-order valence-electron chi connectivity index (χ2n) is 6.62. The van der Waals surface area contributed by atoms with E-state index < -0.39 is 11.7 Å². The average molecular weight is 571 g/mol. The van der Waals surface area contributed by atoms with Gasteiger partial charge in [-0.2, -0.15) is 18.2 Å². The maximum Gasteiger partial charge on any atom is 0.416 e. The molecule has 180 valence electrons. The Morgan fingerprint density at radius 3 is 2.62 bits per heavy atom. The number of alkyl halides is 3. The van der Waals surface area contributed by atoms with Crippen LogP contribution in [0.4, 0.5) is 13.2 Å². The predicted molar refractivity (Wildman–Crippen MR) is 124 cm³/mol. The van der Waals surface area contributed by atoms with E-state index in [0.29, 0.717) is 37.2 Å². The number of aromatic nitrogens is 2. The van der Waals surface area contributed by atoms with Crippen molar-refractivity contribution >= 4 is 29.9 Å². The molecule has 0 saturated heterocycles. The van der Waals surface area contributed by atoms with Gasteiger partial charge < -0.3 is 24.6 Å². The molecule has 0 fully saturated rings. The van der Waals surface area contributed by atoms with Crippen molar-refractivity contribution in [1.29, 1.82) is 0 Å². The van der Waals surface area contributed by atoms with Gasteiger partial charge in [-0.25, -0.2) is 0 Å². The molecule has 1 aromatic heterocycles. The van der Waals surface area contributed by atoms with E-state index in [1.165, 1.54) is 12.1 Å². The summed E-state index contributed by atoms with van der Waals surface area (Å²) in [5, 5.41) is 10.0. The Balaban J connectivity index is 0.00000512. The first-order valence-electron chi connectivity index (χ1n) is 9.99. The van der Waals surface area contributed by atoms with Crippen LogP contribution < -0.4 is 15.4 Å². The van der Waals surface area contributed by atoms with Crippen molar-refractivity contribution < 1.29 is 27.2 Å². The highest BCUT2D eigenvalue weighted by atomic mass is 127. The highest BCUT2D eigenvalue weighted by Gasteiger charge is 2.30. The lowest BCUT2D eigenvalue weighted by molar-refractivity contribution is -0.137. The van der Waals surface area contributed by atoms with E-state index in [9.17, 15) is 13.2 Å². The lowest BCUT2D eigenvalue weighted by Gasteiger charge is -2.20. The molecule has 12 heteroatoms. The van der Waals surface area contributed by atoms with Crippen LogP contribution in [0.25, 0.3) is 0 Å². The standard InChI is InChI=1S/C20H28F3N5O3.HI/c1-5-15(30-16-9-7-8-14(10-16)20(21,22)23)11-25-19(24-4)26-12-17-27-18(28-31-17)13(3)29-6-2;/h7-10,13,15H,5-6,11-12H2,1-4H3,(H2,24,25,26);1H. The maximum atomic E-state index is 12.9. The van der Waals surface area contributed by atoms with E-state index >= 15 is 0 Å². The zero-order chi connectivity index (χ0) is 22.9. The summed E-state index contributed by atoms with van der Waals surface area (Å²) in [6.45, 7) is 6.73. The molecule has 2 N–H and O–H groups in total. The smallest absolute Gasteiger partial charge is 0.416 e. The molecule has 1 aromatic carbocycles. The van der Waals surface area contributed by atoms with Gasteiger partial charge in [0.1, 0.15) is 18.0 Å². The van der Waals surface area contributed by atoms with Crippen LogP contribution in [0.15, 0.2) is 33.8 Å². The zero-order valence-electron chi connectivity index (χ0n) is 18.4. The van der Waals surface area contributed by atoms with Crippen LogP contribution in [0.1, 0.15) is 50.6 Å². The SMILES string of the molecule is CCOC(C)c1noc(CNC(=NC)NCC(CC)Oc2cccc(C(F)(F)F)c2)n1.I. The molecule has 0 amide bonds. The first-order chi connectivity index (χ1) is 14.8. The summed E-state index contributed by atoms with van der Waals surface area (Å²) in [5.41, 5.74) is -0.747. The molecule has 0 radical (unpaired) electrons. The van der Waals surface area contributed by atoms with Crippen molar-refractivity contribution in [2.45, 2.75) is 52.1 Å². The van der Waals surface area contributed by atoms with Crippen LogP contribution in [-0.2, 0) is 17.5 Å². The minimum Gasteiger partial charge on any atom is -0.489 e. The van der Waals surface area contributed by atoms with Gasteiger partial charge in [0.05, 0.1) is 18.7 Å². The number of aliphatic imine (C=N–C) groups is 1. The van der Waals surface area contributed by atoms with Crippen molar-refractivity contribution in [3.8, 4) is 5.75 Å². The van der Waals surface area contributed by atoms with Crippen LogP contribution in [0.3, 0.4) is 0 Å². The Labute approximate surface area is 202 Å². The number of hydrogen-bond donors (Lipinski definition) is 2. The molecule has 2 aromatic rings. The van der Waals surface area contributed by atoms with Crippen LogP contribution in [0, 0.1) is 0 Å². The van der Waals surface area contributed by atoms with Gasteiger partial charge in [-0.05, 0) is 38.5 Å². The minimum atomic E-state index is -4.42. The normalized spacial score (nSPS) is 13.8. The Hall–Kier alpha value is -2.09. The third kappa shape index (κ3) is 8.81. The van der Waals surface area contributed by atoms with Crippen molar-refractivity contribution in [3.63, 3.8) is 0 Å². The van der Waals surface area contributed by atoms with Gasteiger partial charge in [0, 0.05) is 13.7 Å². The van der Waals surface area contributed by atoms with Crippen molar-refractivity contribution in [2.75, 3.05) is 20.2 Å². The quantitative estimate of drug-likeness (QED) is 0.249. The molecule has 2 rings (SSSR count). The van der Waals surface area contributed by atoms with Gasteiger partial charge >= 0.3 is 6.18 Å². The van der Waals surface area contributed by atoms with Crippen LogP contribution in [-0.4, -0.2) is 42.4 Å². The van der Waals surface area contributed by atoms with E-state index in [0.717, 1.165) is 12.1 Å². The zero-order valence-corrected chi connectivity index (χ0v) is 20.7. The molecule has 0 aliphatic carbocycles. The first-order valence-corrected chi connectivity index (χ1v) is 9.99. The summed E-state index contributed by atoms with van der Waals surface area (Å²) in [4.78, 5) is 8.38. The lowest BCUT2D eigenvalue weighted by Crippen LogP contribution is -2.42. The lowest BCUT2D eigenvalue weighted by atomic mass is 10.2. The molecule has 2 atom stereocenters. The Kier molecular flexibility index (Phi) is 11.8. The highest BCUT2D eigenvalue weighted by Crippen LogP contribution is 2.31. The van der Waals surface area contributed by atoms with Gasteiger partial charge in [0.25, 0.3) is 0 Å². The third-order valence-corrected chi connectivity index (χ3v) is 4.31. The summed E-state index contributed by atoms with van der Waals surface area (Å²) in [7, 11) is 1.60. The summed E-state index contributed by atoms with van der Waals surface area (Å²) in [6.07, 6.45) is -4.45. The molecule has 0 aliphatic heterocycles. The fourth-order valence-electron chi connectivity index (χ4n) is 2.63. The van der Waals surface area contributed by atoms with E-state index in [1.54, 1.807) is 7.05 Å². The largest absolute Gasteiger partial charge is 0.489 e. The summed E-state index contributed by atoms with van der Waals surface area (Å²) < 4.78 is 55.0. The fraction of sp³-hybridized carbons (Fsp3) is 0.550. The molecular formula is C20H29F3IN5O3. The van der Waals surface area contributed by atoms with E-state index in [4.69, 9.17) is 14.0 Å². The van der Waals surface area contributed by atoms with Crippen LogP contribution >= 0.6 is 24.0 Å². The summed E-state index contributed by atoms with van der Waals surface area (Å²) in [6, 6.07) is 4.83. The fourth-order valence-corrected chi connectivity index (χ4v) is 2.63. The maximum absolute atomic E-state index is 12.9. The van der Waals surface area contributed by atoms with Crippen LogP contribution in [0.5, 0.6) is 5.75 Å². The van der Waals surface area contributed by atoms with Crippen LogP contribution in [0.2, 0.25) is 0 Å². The van der Waals surface area contributed by atoms with Crippen molar-refractivity contribution in [1.82, 2.24) is 20.8 Å². The number of guanidine groups is 1.